The molecule has 2 nitrogen and oxygen atoms in total. The van der Waals surface area contributed by atoms with E-state index in [1.165, 1.54) is 0 Å². The van der Waals surface area contributed by atoms with E-state index in [1.54, 1.807) is 0 Å². The minimum Gasteiger partial charge on any atom is -0.458 e. The topological polar surface area (TPSA) is 12.5 Å². The Morgan fingerprint density at radius 2 is 1.41 bits per heavy atom. The Labute approximate surface area is 192 Å². The first-order valence-electron chi connectivity index (χ1n) is 12.3. The number of hydrogen-bond donors (Lipinski definition) is 0. The monoisotopic (exact) mass is 412 g/mol. The molecule has 2 heterocycles. The molecule has 32 heavy (non-hydrogen) atoms. The molecule has 5 aromatic carbocycles. The maximum Gasteiger partial charge on any atom is 0.256 e. The van der Waals surface area contributed by atoms with Crippen LogP contribution in [0.25, 0.3) is 10.8 Å². The second kappa shape index (κ2) is 6.51. The molecule has 3 heteroatoms. The van der Waals surface area contributed by atoms with Crippen molar-refractivity contribution in [3.05, 3.63) is 109 Å². The average Bonchev–Trinajstić information content (AvgIpc) is 2.87. The van der Waals surface area contributed by atoms with Crippen LogP contribution in [0.15, 0.2) is 103 Å². The molecule has 0 spiro atoms. The first-order chi connectivity index (χ1) is 17.0. The molecule has 150 valence electrons. The molecule has 2 aliphatic heterocycles. The molecule has 0 bridgehead atoms. The molecule has 0 aromatic heterocycles. The van der Waals surface area contributed by atoms with E-state index in [2.05, 4.69) is 29.2 Å². The van der Waals surface area contributed by atoms with Crippen molar-refractivity contribution in [3.63, 3.8) is 0 Å². The highest BCUT2D eigenvalue weighted by Gasteiger charge is 2.41. The fourth-order valence-electron chi connectivity index (χ4n) is 5.29. The van der Waals surface area contributed by atoms with Crippen molar-refractivity contribution >= 4 is 50.9 Å². The van der Waals surface area contributed by atoms with E-state index in [0.29, 0.717) is 11.3 Å². The Bertz CT molecular complexity index is 1650. The molecule has 2 aliphatic rings. The molecule has 0 saturated carbocycles. The molecule has 0 aliphatic carbocycles. The fourth-order valence-corrected chi connectivity index (χ4v) is 5.29. The normalized spacial score (nSPS) is 15.1. The summed E-state index contributed by atoms with van der Waals surface area (Å²) in [6.07, 6.45) is 0. The smallest absolute Gasteiger partial charge is 0.256 e. The molecule has 7 rings (SSSR count). The lowest BCUT2D eigenvalue weighted by Gasteiger charge is -2.40. The summed E-state index contributed by atoms with van der Waals surface area (Å²) >= 11 is 0. The van der Waals surface area contributed by atoms with Gasteiger partial charge in [-0.05, 0) is 69.9 Å². The van der Waals surface area contributed by atoms with Crippen LogP contribution in [0.2, 0.25) is 0 Å². The van der Waals surface area contributed by atoms with Gasteiger partial charge in [0, 0.05) is 21.2 Å². The van der Waals surface area contributed by atoms with E-state index < -0.39 is 6.85 Å². The minimum atomic E-state index is -2.29. The second-order valence-electron chi connectivity index (χ2n) is 8.34. The van der Waals surface area contributed by atoms with Crippen LogP contribution in [-0.2, 0) is 0 Å². The van der Waals surface area contributed by atoms with Gasteiger partial charge < -0.3 is 9.64 Å². The van der Waals surface area contributed by atoms with E-state index in [1.807, 2.05) is 78.9 Å². The zero-order chi connectivity index (χ0) is 23.7. The quantitative estimate of drug-likeness (QED) is 0.328. The predicted molar refractivity (Wildman–Crippen MR) is 135 cm³/mol. The van der Waals surface area contributed by atoms with Gasteiger partial charge in [0.05, 0.1) is 0 Å². The number of aryl methyl sites for hydroxylation is 1. The zero-order valence-electron chi connectivity index (χ0n) is 20.2. The Kier molecular flexibility index (Phi) is 3.04. The molecule has 0 radical (unpaired) electrons. The van der Waals surface area contributed by atoms with Crippen LogP contribution >= 0.6 is 0 Å². The average molecular weight is 412 g/mol. The Hall–Kier alpha value is -3.98. The summed E-state index contributed by atoms with van der Waals surface area (Å²) in [5.74, 6) is 1.67. The number of benzene rings is 5. The molecule has 0 N–H and O–H groups in total. The lowest BCUT2D eigenvalue weighted by atomic mass is 9.34. The van der Waals surface area contributed by atoms with Crippen molar-refractivity contribution in [1.29, 1.82) is 0 Å². The summed E-state index contributed by atoms with van der Waals surface area (Å²) in [4.78, 5) is 2.11. The van der Waals surface area contributed by atoms with E-state index in [0.717, 1.165) is 50.0 Å². The van der Waals surface area contributed by atoms with Crippen molar-refractivity contribution < 1.29 is 8.85 Å². The van der Waals surface area contributed by atoms with Crippen LogP contribution in [0.4, 0.5) is 17.1 Å². The number of anilines is 3. The van der Waals surface area contributed by atoms with Gasteiger partial charge in [-0.15, -0.1) is 0 Å². The first kappa shape index (κ1) is 14.9. The highest BCUT2D eigenvalue weighted by Crippen LogP contribution is 2.42. The van der Waals surface area contributed by atoms with Crippen molar-refractivity contribution in [2.75, 3.05) is 4.90 Å². The summed E-state index contributed by atoms with van der Waals surface area (Å²) in [5.41, 5.74) is 6.28. The molecular weight excluding hydrogens is 389 g/mol. The van der Waals surface area contributed by atoms with Crippen LogP contribution in [0.3, 0.4) is 0 Å². The summed E-state index contributed by atoms with van der Waals surface area (Å²) in [5, 5.41) is 1.66. The first-order valence-corrected chi connectivity index (χ1v) is 10.8. The third-order valence-corrected chi connectivity index (χ3v) is 6.66. The maximum absolute atomic E-state index is 8.49. The number of hydrogen-bond acceptors (Lipinski definition) is 2. The van der Waals surface area contributed by atoms with Crippen molar-refractivity contribution in [2.24, 2.45) is 0 Å². The largest absolute Gasteiger partial charge is 0.458 e. The number of rotatable bonds is 1. The molecule has 0 atom stereocenters. The second-order valence-corrected chi connectivity index (χ2v) is 8.34. The van der Waals surface area contributed by atoms with Gasteiger partial charge in [-0.1, -0.05) is 72.8 Å². The molecular formula is C29H20BNO. The molecule has 0 fully saturated rings. The highest BCUT2D eigenvalue weighted by molar-refractivity contribution is 6.99. The van der Waals surface area contributed by atoms with Crippen molar-refractivity contribution in [3.8, 4) is 11.5 Å². The lowest BCUT2D eigenvalue weighted by Crippen LogP contribution is -2.59. The standard InChI is InChI=1S/C29H20BNO/c1-19-21-10-3-2-9-20(21)17-18-24(19)31-25-13-6-4-11-22(25)30-23-12-5-7-15-27(23)32-28-16-8-14-26(31)29(28)30/h2-18H,1H3/i1D3. The molecule has 5 aromatic rings. The van der Waals surface area contributed by atoms with E-state index in [-0.39, 0.29) is 6.71 Å². The third kappa shape index (κ3) is 2.31. The summed E-state index contributed by atoms with van der Waals surface area (Å²) in [6, 6.07) is 34.2. The summed E-state index contributed by atoms with van der Waals surface area (Å²) in [6.45, 7) is -2.28. The van der Waals surface area contributed by atoms with Gasteiger partial charge in [-0.25, -0.2) is 0 Å². The highest BCUT2D eigenvalue weighted by atomic mass is 16.5. The molecule has 0 unspecified atom stereocenters. The Balaban J connectivity index is 1.58. The Morgan fingerprint density at radius 3 is 2.34 bits per heavy atom. The van der Waals surface area contributed by atoms with E-state index in [4.69, 9.17) is 8.85 Å². The van der Waals surface area contributed by atoms with Crippen LogP contribution in [0, 0.1) is 6.85 Å². The van der Waals surface area contributed by atoms with Gasteiger partial charge in [0.15, 0.2) is 0 Å². The third-order valence-electron chi connectivity index (χ3n) is 6.66. The van der Waals surface area contributed by atoms with Gasteiger partial charge in [-0.2, -0.15) is 0 Å². The number of para-hydroxylation sites is 2. The number of fused-ring (bicyclic) bond motifs is 5. The van der Waals surface area contributed by atoms with Gasteiger partial charge in [0.1, 0.15) is 11.5 Å². The lowest BCUT2D eigenvalue weighted by molar-refractivity contribution is 0.487. The zero-order valence-corrected chi connectivity index (χ0v) is 17.2. The maximum atomic E-state index is 8.49. The fraction of sp³-hybridized carbons (Fsp3) is 0.0345. The van der Waals surface area contributed by atoms with Crippen LogP contribution in [0.5, 0.6) is 11.5 Å². The summed E-state index contributed by atoms with van der Waals surface area (Å²) in [7, 11) is 0. The van der Waals surface area contributed by atoms with Crippen molar-refractivity contribution in [2.45, 2.75) is 6.85 Å². The van der Waals surface area contributed by atoms with Gasteiger partial charge in [-0.3, -0.25) is 0 Å². The van der Waals surface area contributed by atoms with Crippen LogP contribution in [0.1, 0.15) is 9.68 Å². The number of ether oxygens (including phenoxy) is 1. The number of nitrogens with zero attached hydrogens (tertiary/aromatic N) is 1. The van der Waals surface area contributed by atoms with Crippen LogP contribution in [-0.4, -0.2) is 6.71 Å². The van der Waals surface area contributed by atoms with Gasteiger partial charge in [0.25, 0.3) is 6.71 Å². The van der Waals surface area contributed by atoms with Crippen molar-refractivity contribution in [1.82, 2.24) is 0 Å². The van der Waals surface area contributed by atoms with Gasteiger partial charge in [0.2, 0.25) is 0 Å². The minimum absolute atomic E-state index is 0.00951. The summed E-state index contributed by atoms with van der Waals surface area (Å²) < 4.78 is 31.8. The van der Waals surface area contributed by atoms with E-state index in [9.17, 15) is 0 Å². The predicted octanol–water partition coefficient (Wildman–Crippen LogP) is 5.55. The SMILES string of the molecule is [2H]C([2H])([2H])c1c(N2c3ccccc3B3c4ccccc4Oc4cccc2c43)ccc2ccccc12. The van der Waals surface area contributed by atoms with E-state index >= 15 is 0 Å². The van der Waals surface area contributed by atoms with Gasteiger partial charge >= 0.3 is 0 Å². The van der Waals surface area contributed by atoms with Crippen LogP contribution < -0.4 is 26.0 Å². The Morgan fingerprint density at radius 1 is 0.656 bits per heavy atom. The molecule has 0 saturated heterocycles. The molecule has 0 amide bonds.